The zero-order valence-corrected chi connectivity index (χ0v) is 16.1. The minimum Gasteiger partial charge on any atom is -0.381 e. The number of amides is 1. The molecule has 0 radical (unpaired) electrons. The fourth-order valence-corrected chi connectivity index (χ4v) is 4.03. The van der Waals surface area contributed by atoms with E-state index in [-0.39, 0.29) is 17.7 Å². The zero-order valence-electron chi connectivity index (χ0n) is 16.1. The summed E-state index contributed by atoms with van der Waals surface area (Å²) in [5.74, 6) is 2.15. The fourth-order valence-electron chi connectivity index (χ4n) is 4.03. The number of hydrogen-bond donors (Lipinski definition) is 1. The molecule has 0 saturated carbocycles. The second-order valence-corrected chi connectivity index (χ2v) is 7.68. The van der Waals surface area contributed by atoms with Gasteiger partial charge >= 0.3 is 0 Å². The molecular formula is C20H27N5O2. The van der Waals surface area contributed by atoms with E-state index in [1.807, 2.05) is 24.8 Å². The van der Waals surface area contributed by atoms with Gasteiger partial charge in [-0.3, -0.25) is 4.79 Å². The number of H-pyrrole nitrogens is 1. The van der Waals surface area contributed by atoms with Crippen LogP contribution in [0.3, 0.4) is 0 Å². The molecule has 0 bridgehead atoms. The summed E-state index contributed by atoms with van der Waals surface area (Å²) in [5.41, 5.74) is 2.75. The number of piperidine rings is 1. The Morgan fingerprint density at radius 3 is 2.78 bits per heavy atom. The van der Waals surface area contributed by atoms with E-state index in [1.165, 1.54) is 0 Å². The molecule has 2 fully saturated rings. The highest BCUT2D eigenvalue weighted by Gasteiger charge is 2.31. The van der Waals surface area contributed by atoms with Gasteiger partial charge in [0.15, 0.2) is 5.82 Å². The van der Waals surface area contributed by atoms with E-state index in [0.29, 0.717) is 19.8 Å². The van der Waals surface area contributed by atoms with Gasteiger partial charge < -0.3 is 14.6 Å². The topological polar surface area (TPSA) is 84.0 Å². The number of rotatable bonds is 3. The third kappa shape index (κ3) is 4.03. The number of carbonyl (C=O) groups is 1. The van der Waals surface area contributed by atoms with Crippen LogP contribution < -0.4 is 0 Å². The molecule has 7 nitrogen and oxygen atoms in total. The lowest BCUT2D eigenvalue weighted by molar-refractivity contribution is -0.139. The van der Waals surface area contributed by atoms with Crippen molar-refractivity contribution in [3.05, 3.63) is 29.5 Å². The summed E-state index contributed by atoms with van der Waals surface area (Å²) in [5, 5.41) is 0. The molecule has 2 aromatic heterocycles. The van der Waals surface area contributed by atoms with E-state index in [2.05, 4.69) is 15.0 Å². The SMILES string of the molecule is Cc1cc(-c2ncc(C)[nH]2)nc([C@H]2CCCN(C(=O)C3CCOCC3)C2)n1. The van der Waals surface area contributed by atoms with Crippen LogP contribution in [0.15, 0.2) is 12.3 Å². The molecule has 0 aromatic carbocycles. The van der Waals surface area contributed by atoms with Gasteiger partial charge in [0.1, 0.15) is 11.5 Å². The van der Waals surface area contributed by atoms with Crippen molar-refractivity contribution in [2.24, 2.45) is 5.92 Å². The summed E-state index contributed by atoms with van der Waals surface area (Å²) in [6.45, 7) is 6.89. The Labute approximate surface area is 159 Å². The summed E-state index contributed by atoms with van der Waals surface area (Å²) >= 11 is 0. The summed E-state index contributed by atoms with van der Waals surface area (Å²) in [4.78, 5) is 32.0. The molecule has 2 aliphatic heterocycles. The highest BCUT2D eigenvalue weighted by atomic mass is 16.5. The Morgan fingerprint density at radius 2 is 2.04 bits per heavy atom. The number of hydrogen-bond acceptors (Lipinski definition) is 5. The van der Waals surface area contributed by atoms with Crippen molar-refractivity contribution in [2.45, 2.75) is 45.4 Å². The maximum atomic E-state index is 12.9. The molecule has 4 rings (SSSR count). The molecule has 2 saturated heterocycles. The first-order valence-corrected chi connectivity index (χ1v) is 9.84. The Hall–Kier alpha value is -2.28. The number of ether oxygens (including phenoxy) is 1. The van der Waals surface area contributed by atoms with Crippen LogP contribution in [-0.2, 0) is 9.53 Å². The van der Waals surface area contributed by atoms with Crippen molar-refractivity contribution < 1.29 is 9.53 Å². The summed E-state index contributed by atoms with van der Waals surface area (Å²) in [6.07, 6.45) is 5.48. The largest absolute Gasteiger partial charge is 0.381 e. The lowest BCUT2D eigenvalue weighted by atomic mass is 9.93. The molecular weight excluding hydrogens is 342 g/mol. The van der Waals surface area contributed by atoms with Crippen molar-refractivity contribution in [3.63, 3.8) is 0 Å². The third-order valence-electron chi connectivity index (χ3n) is 5.49. The van der Waals surface area contributed by atoms with E-state index in [4.69, 9.17) is 9.72 Å². The lowest BCUT2D eigenvalue weighted by Crippen LogP contribution is -2.44. The van der Waals surface area contributed by atoms with Crippen molar-refractivity contribution in [3.8, 4) is 11.5 Å². The van der Waals surface area contributed by atoms with Gasteiger partial charge in [0.2, 0.25) is 5.91 Å². The average molecular weight is 369 g/mol. The maximum Gasteiger partial charge on any atom is 0.225 e. The number of likely N-dealkylation sites (tertiary alicyclic amines) is 1. The van der Waals surface area contributed by atoms with Gasteiger partial charge in [-0.25, -0.2) is 15.0 Å². The van der Waals surface area contributed by atoms with Gasteiger partial charge in [0, 0.05) is 55.7 Å². The second-order valence-electron chi connectivity index (χ2n) is 7.68. The van der Waals surface area contributed by atoms with E-state index in [0.717, 1.165) is 61.0 Å². The van der Waals surface area contributed by atoms with E-state index < -0.39 is 0 Å². The van der Waals surface area contributed by atoms with Crippen molar-refractivity contribution in [1.29, 1.82) is 0 Å². The molecule has 2 aliphatic rings. The van der Waals surface area contributed by atoms with Gasteiger partial charge in [-0.15, -0.1) is 0 Å². The van der Waals surface area contributed by atoms with Crippen molar-refractivity contribution in [2.75, 3.05) is 26.3 Å². The quantitative estimate of drug-likeness (QED) is 0.899. The van der Waals surface area contributed by atoms with Crippen LogP contribution in [-0.4, -0.2) is 57.0 Å². The highest BCUT2D eigenvalue weighted by Crippen LogP contribution is 2.28. The van der Waals surface area contributed by atoms with Crippen LogP contribution in [0.4, 0.5) is 0 Å². The number of imidazole rings is 1. The molecule has 27 heavy (non-hydrogen) atoms. The number of aromatic amines is 1. The van der Waals surface area contributed by atoms with Crippen LogP contribution in [0, 0.1) is 19.8 Å². The van der Waals surface area contributed by atoms with Gasteiger partial charge in [-0.1, -0.05) is 0 Å². The first-order chi connectivity index (χ1) is 13.1. The van der Waals surface area contributed by atoms with Gasteiger partial charge in [-0.05, 0) is 45.6 Å². The van der Waals surface area contributed by atoms with Gasteiger partial charge in [0.05, 0.1) is 0 Å². The third-order valence-corrected chi connectivity index (χ3v) is 5.49. The lowest BCUT2D eigenvalue weighted by Gasteiger charge is -2.35. The molecule has 1 atom stereocenters. The molecule has 2 aromatic rings. The van der Waals surface area contributed by atoms with E-state index in [9.17, 15) is 4.79 Å². The molecule has 0 aliphatic carbocycles. The van der Waals surface area contributed by atoms with Crippen LogP contribution >= 0.6 is 0 Å². The van der Waals surface area contributed by atoms with Crippen LogP contribution in [0.1, 0.15) is 48.8 Å². The Balaban J connectivity index is 1.52. The molecule has 0 unspecified atom stereocenters. The number of nitrogens with zero attached hydrogens (tertiary/aromatic N) is 4. The van der Waals surface area contributed by atoms with E-state index >= 15 is 0 Å². The smallest absolute Gasteiger partial charge is 0.225 e. The van der Waals surface area contributed by atoms with Crippen LogP contribution in [0.25, 0.3) is 11.5 Å². The van der Waals surface area contributed by atoms with Gasteiger partial charge in [0.25, 0.3) is 0 Å². The van der Waals surface area contributed by atoms with Crippen molar-refractivity contribution >= 4 is 5.91 Å². The number of nitrogens with one attached hydrogen (secondary N) is 1. The predicted molar refractivity (Wildman–Crippen MR) is 101 cm³/mol. The van der Waals surface area contributed by atoms with Crippen LogP contribution in [0.2, 0.25) is 0 Å². The fraction of sp³-hybridized carbons (Fsp3) is 0.600. The number of carbonyl (C=O) groups excluding carboxylic acids is 1. The van der Waals surface area contributed by atoms with Gasteiger partial charge in [-0.2, -0.15) is 0 Å². The number of aryl methyl sites for hydroxylation is 2. The van der Waals surface area contributed by atoms with Crippen molar-refractivity contribution in [1.82, 2.24) is 24.8 Å². The Bertz CT molecular complexity index is 812. The standard InChI is InChI=1S/C20H27N5O2/c1-13-10-17(19-21-11-14(2)23-19)24-18(22-13)16-4-3-7-25(12-16)20(26)15-5-8-27-9-6-15/h10-11,15-16H,3-9,12H2,1-2H3,(H,21,23)/t16-/m0/s1. The monoisotopic (exact) mass is 369 g/mol. The summed E-state index contributed by atoms with van der Waals surface area (Å²) in [6, 6.07) is 1.95. The second kappa shape index (κ2) is 7.76. The molecule has 4 heterocycles. The predicted octanol–water partition coefficient (Wildman–Crippen LogP) is 2.62. The normalized spacial score (nSPS) is 21.4. The highest BCUT2D eigenvalue weighted by molar-refractivity contribution is 5.79. The van der Waals surface area contributed by atoms with Crippen LogP contribution in [0.5, 0.6) is 0 Å². The summed E-state index contributed by atoms with van der Waals surface area (Å²) in [7, 11) is 0. The zero-order chi connectivity index (χ0) is 18.8. The maximum absolute atomic E-state index is 12.9. The average Bonchev–Trinajstić information content (AvgIpc) is 3.14. The Morgan fingerprint density at radius 1 is 1.22 bits per heavy atom. The number of aromatic nitrogens is 4. The first-order valence-electron chi connectivity index (χ1n) is 9.84. The molecule has 1 N–H and O–H groups in total. The molecule has 0 spiro atoms. The molecule has 7 heteroatoms. The minimum absolute atomic E-state index is 0.109. The summed E-state index contributed by atoms with van der Waals surface area (Å²) < 4.78 is 5.40. The molecule has 1 amide bonds. The minimum atomic E-state index is 0.109. The first kappa shape index (κ1) is 18.1. The Kier molecular flexibility index (Phi) is 5.20. The molecule has 144 valence electrons. The van der Waals surface area contributed by atoms with E-state index in [1.54, 1.807) is 6.20 Å².